The summed E-state index contributed by atoms with van der Waals surface area (Å²) in [5.74, 6) is 2.12. The second kappa shape index (κ2) is 6.45. The summed E-state index contributed by atoms with van der Waals surface area (Å²) in [5, 5.41) is 0. The monoisotopic (exact) mass is 315 g/mol. The molecule has 3 fully saturated rings. The fraction of sp³-hybridized carbons (Fsp3) is 0.647. The summed E-state index contributed by atoms with van der Waals surface area (Å²) in [6.45, 7) is 4.35. The molecule has 3 atom stereocenters. The highest BCUT2D eigenvalue weighted by Gasteiger charge is 2.42. The summed E-state index contributed by atoms with van der Waals surface area (Å²) in [5.41, 5.74) is 6.59. The predicted molar refractivity (Wildman–Crippen MR) is 88.8 cm³/mol. The van der Waals surface area contributed by atoms with Gasteiger partial charge in [0.15, 0.2) is 0 Å². The maximum atomic E-state index is 13.0. The van der Waals surface area contributed by atoms with Gasteiger partial charge in [0.1, 0.15) is 5.82 Å². The zero-order valence-electron chi connectivity index (χ0n) is 13.4. The van der Waals surface area contributed by atoms with E-state index in [9.17, 15) is 4.79 Å². The van der Waals surface area contributed by atoms with Crippen LogP contribution in [0.1, 0.15) is 19.3 Å². The summed E-state index contributed by atoms with van der Waals surface area (Å²) in [6, 6.07) is 6.31. The molecule has 1 amide bonds. The Morgan fingerprint density at radius 1 is 1.17 bits per heavy atom. The van der Waals surface area contributed by atoms with Crippen LogP contribution in [0.15, 0.2) is 24.4 Å². The van der Waals surface area contributed by atoms with Gasteiger partial charge in [0.05, 0.1) is 5.92 Å². The fourth-order valence-electron chi connectivity index (χ4n) is 4.25. The van der Waals surface area contributed by atoms with E-state index in [2.05, 4.69) is 25.6 Å². The second-order valence-electron chi connectivity index (χ2n) is 6.85. The van der Waals surface area contributed by atoms with Gasteiger partial charge in [-0.05, 0) is 30.9 Å². The third-order valence-corrected chi connectivity index (χ3v) is 5.55. The third-order valence-electron chi connectivity index (χ3n) is 5.55. The van der Waals surface area contributed by atoms with E-state index in [1.54, 1.807) is 0 Å². The summed E-state index contributed by atoms with van der Waals surface area (Å²) in [6.07, 6.45) is 5.26. The molecule has 0 spiro atoms. The number of aromatic nitrogens is 1. The molecule has 0 aromatic carbocycles. The largest absolute Gasteiger partial charge is 0.353 e. The van der Waals surface area contributed by atoms with Crippen LogP contribution in [0.5, 0.6) is 0 Å². The maximum Gasteiger partial charge on any atom is 0.227 e. The van der Waals surface area contributed by atoms with E-state index in [1.807, 2.05) is 24.4 Å². The number of nitrogens with one attached hydrogen (secondary N) is 2. The van der Waals surface area contributed by atoms with Crippen LogP contribution in [-0.4, -0.2) is 54.6 Å². The molecule has 6 nitrogen and oxygen atoms in total. The smallest absolute Gasteiger partial charge is 0.227 e. The first-order valence-electron chi connectivity index (χ1n) is 8.76. The molecule has 124 valence electrons. The van der Waals surface area contributed by atoms with E-state index in [1.165, 1.54) is 12.8 Å². The number of amides is 1. The average Bonchev–Trinajstić information content (AvgIpc) is 3.11. The molecule has 2 saturated heterocycles. The summed E-state index contributed by atoms with van der Waals surface area (Å²) < 4.78 is 0. The van der Waals surface area contributed by atoms with Crippen molar-refractivity contribution in [3.05, 3.63) is 24.4 Å². The third kappa shape index (κ3) is 2.93. The lowest BCUT2D eigenvalue weighted by atomic mass is 9.77. The number of carbonyl (C=O) groups excluding carboxylic acids is 1. The van der Waals surface area contributed by atoms with Crippen molar-refractivity contribution < 1.29 is 4.79 Å². The number of hydrazine groups is 1. The molecule has 1 aliphatic carbocycles. The number of rotatable bonds is 2. The quantitative estimate of drug-likeness (QED) is 0.838. The van der Waals surface area contributed by atoms with Crippen LogP contribution in [0.25, 0.3) is 0 Å². The number of anilines is 1. The number of pyridine rings is 1. The normalized spacial score (nSPS) is 31.0. The topological polar surface area (TPSA) is 60.5 Å². The number of carbonyl (C=O) groups is 1. The Morgan fingerprint density at radius 2 is 2.04 bits per heavy atom. The Labute approximate surface area is 137 Å². The second-order valence-corrected chi connectivity index (χ2v) is 6.85. The zero-order valence-corrected chi connectivity index (χ0v) is 13.4. The molecule has 23 heavy (non-hydrogen) atoms. The minimum atomic E-state index is 0.144. The fourth-order valence-corrected chi connectivity index (χ4v) is 4.25. The van der Waals surface area contributed by atoms with Gasteiger partial charge < -0.3 is 9.80 Å². The number of hydrogen-bond donors (Lipinski definition) is 2. The Morgan fingerprint density at radius 3 is 2.83 bits per heavy atom. The Bertz CT molecular complexity index is 543. The lowest BCUT2D eigenvalue weighted by Crippen LogP contribution is -2.54. The van der Waals surface area contributed by atoms with Gasteiger partial charge in [-0.1, -0.05) is 12.5 Å². The van der Waals surface area contributed by atoms with Crippen LogP contribution in [0.3, 0.4) is 0 Å². The molecule has 6 heteroatoms. The van der Waals surface area contributed by atoms with Crippen molar-refractivity contribution in [3.8, 4) is 0 Å². The molecule has 4 rings (SSSR count). The first-order chi connectivity index (χ1) is 11.3. The van der Waals surface area contributed by atoms with Gasteiger partial charge in [-0.3, -0.25) is 15.6 Å². The molecule has 3 heterocycles. The Kier molecular flexibility index (Phi) is 4.18. The van der Waals surface area contributed by atoms with Crippen molar-refractivity contribution in [2.75, 3.05) is 37.6 Å². The highest BCUT2D eigenvalue weighted by atomic mass is 16.2. The highest BCUT2D eigenvalue weighted by molar-refractivity contribution is 5.80. The van der Waals surface area contributed by atoms with Crippen LogP contribution < -0.4 is 15.8 Å². The molecule has 2 aliphatic heterocycles. The highest BCUT2D eigenvalue weighted by Crippen LogP contribution is 2.32. The molecule has 1 aromatic heterocycles. The molecule has 3 unspecified atom stereocenters. The minimum absolute atomic E-state index is 0.144. The molecule has 3 aliphatic rings. The van der Waals surface area contributed by atoms with E-state index < -0.39 is 0 Å². The first kappa shape index (κ1) is 14.9. The van der Waals surface area contributed by atoms with Crippen molar-refractivity contribution in [1.29, 1.82) is 0 Å². The van der Waals surface area contributed by atoms with Crippen molar-refractivity contribution in [2.24, 2.45) is 11.8 Å². The van der Waals surface area contributed by atoms with Crippen LogP contribution in [0.2, 0.25) is 0 Å². The van der Waals surface area contributed by atoms with E-state index in [0.29, 0.717) is 17.9 Å². The van der Waals surface area contributed by atoms with Crippen LogP contribution in [-0.2, 0) is 4.79 Å². The van der Waals surface area contributed by atoms with Gasteiger partial charge in [-0.25, -0.2) is 4.98 Å². The van der Waals surface area contributed by atoms with Gasteiger partial charge in [0.2, 0.25) is 5.91 Å². The Balaban J connectivity index is 1.37. The van der Waals surface area contributed by atoms with Crippen LogP contribution in [0.4, 0.5) is 5.82 Å². The number of nitrogens with zero attached hydrogens (tertiary/aromatic N) is 3. The van der Waals surface area contributed by atoms with E-state index >= 15 is 0 Å². The number of fused-ring (bicyclic) bond motifs is 1. The van der Waals surface area contributed by atoms with Crippen LogP contribution in [0, 0.1) is 11.8 Å². The lowest BCUT2D eigenvalue weighted by molar-refractivity contribution is -0.138. The molecule has 1 aromatic rings. The van der Waals surface area contributed by atoms with Gasteiger partial charge in [-0.2, -0.15) is 0 Å². The van der Waals surface area contributed by atoms with Crippen molar-refractivity contribution in [3.63, 3.8) is 0 Å². The zero-order chi connectivity index (χ0) is 15.6. The summed E-state index contributed by atoms with van der Waals surface area (Å²) in [7, 11) is 0. The van der Waals surface area contributed by atoms with Gasteiger partial charge in [-0.15, -0.1) is 0 Å². The van der Waals surface area contributed by atoms with Gasteiger partial charge >= 0.3 is 0 Å². The number of hydrogen-bond acceptors (Lipinski definition) is 5. The van der Waals surface area contributed by atoms with Crippen molar-refractivity contribution in [2.45, 2.75) is 25.3 Å². The molecule has 0 bridgehead atoms. The standard InChI is InChI=1S/C17H25N5O/c23-17(14-5-3-4-13-12-19-20-16(13)14)22-10-8-21(9-11-22)15-6-1-2-7-18-15/h1-2,6-7,13-14,16,19-20H,3-5,8-12H2. The maximum absolute atomic E-state index is 13.0. The first-order valence-corrected chi connectivity index (χ1v) is 8.76. The molecular weight excluding hydrogens is 290 g/mol. The van der Waals surface area contributed by atoms with E-state index in [4.69, 9.17) is 0 Å². The predicted octanol–water partition coefficient (Wildman–Crippen LogP) is 0.623. The minimum Gasteiger partial charge on any atom is -0.353 e. The summed E-state index contributed by atoms with van der Waals surface area (Å²) >= 11 is 0. The summed E-state index contributed by atoms with van der Waals surface area (Å²) in [4.78, 5) is 21.7. The SMILES string of the molecule is O=C(C1CCCC2CNNC21)N1CCN(c2ccccn2)CC1. The average molecular weight is 315 g/mol. The van der Waals surface area contributed by atoms with E-state index in [0.717, 1.165) is 45.0 Å². The van der Waals surface area contributed by atoms with E-state index in [-0.39, 0.29) is 5.92 Å². The Hall–Kier alpha value is -1.66. The van der Waals surface area contributed by atoms with Crippen molar-refractivity contribution >= 4 is 11.7 Å². The molecule has 1 saturated carbocycles. The van der Waals surface area contributed by atoms with Crippen molar-refractivity contribution in [1.82, 2.24) is 20.7 Å². The molecule has 0 radical (unpaired) electrons. The van der Waals surface area contributed by atoms with Gasteiger partial charge in [0, 0.05) is 45.0 Å². The molecule has 2 N–H and O–H groups in total. The van der Waals surface area contributed by atoms with Crippen LogP contribution >= 0.6 is 0 Å². The van der Waals surface area contributed by atoms with Gasteiger partial charge in [0.25, 0.3) is 0 Å². The molecular formula is C17H25N5O. The lowest BCUT2D eigenvalue weighted by Gasteiger charge is -2.40. The number of piperazine rings is 1.